The summed E-state index contributed by atoms with van der Waals surface area (Å²) in [5.41, 5.74) is 7.59. The molecule has 0 bridgehead atoms. The van der Waals surface area contributed by atoms with Gasteiger partial charge in [0.2, 0.25) is 0 Å². The molecule has 0 spiro atoms. The van der Waals surface area contributed by atoms with E-state index in [2.05, 4.69) is 15.9 Å². The van der Waals surface area contributed by atoms with Crippen LogP contribution in [-0.4, -0.2) is 12.2 Å². The van der Waals surface area contributed by atoms with E-state index in [1.807, 2.05) is 0 Å². The number of para-hydroxylation sites is 1. The van der Waals surface area contributed by atoms with Crippen LogP contribution in [0, 0.1) is 5.82 Å². The molecule has 0 saturated heterocycles. The topological polar surface area (TPSA) is 55.5 Å². The molecule has 0 aromatic heterocycles. The monoisotopic (exact) mass is 339 g/mol. The Bertz CT molecular complexity index is 619. The minimum atomic E-state index is -0.830. The molecule has 0 aliphatic rings. The molecule has 5 heteroatoms. The fourth-order valence-electron chi connectivity index (χ4n) is 2.05. The van der Waals surface area contributed by atoms with Crippen LogP contribution in [0.1, 0.15) is 17.2 Å². The first kappa shape index (κ1) is 14.8. The van der Waals surface area contributed by atoms with Crippen molar-refractivity contribution in [2.24, 2.45) is 0 Å². The van der Waals surface area contributed by atoms with Crippen LogP contribution in [0.25, 0.3) is 0 Å². The first-order chi connectivity index (χ1) is 9.54. The van der Waals surface area contributed by atoms with Crippen LogP contribution in [-0.2, 0) is 6.42 Å². The van der Waals surface area contributed by atoms with Crippen LogP contribution in [0.5, 0.6) is 5.75 Å². The van der Waals surface area contributed by atoms with Gasteiger partial charge in [0.15, 0.2) is 0 Å². The lowest BCUT2D eigenvalue weighted by Gasteiger charge is -2.16. The second kappa shape index (κ2) is 6.24. The van der Waals surface area contributed by atoms with Gasteiger partial charge in [-0.2, -0.15) is 0 Å². The molecule has 0 amide bonds. The second-order valence-electron chi connectivity index (χ2n) is 4.40. The van der Waals surface area contributed by atoms with Crippen molar-refractivity contribution in [1.29, 1.82) is 0 Å². The van der Waals surface area contributed by atoms with Gasteiger partial charge in [0, 0.05) is 12.0 Å². The molecule has 20 heavy (non-hydrogen) atoms. The number of rotatable bonds is 4. The lowest BCUT2D eigenvalue weighted by Crippen LogP contribution is -2.07. The van der Waals surface area contributed by atoms with Gasteiger partial charge < -0.3 is 15.6 Å². The zero-order valence-corrected chi connectivity index (χ0v) is 12.5. The number of nitrogens with two attached hydrogens (primary N) is 1. The summed E-state index contributed by atoms with van der Waals surface area (Å²) in [6.07, 6.45) is -0.571. The maximum absolute atomic E-state index is 13.5. The molecule has 1 unspecified atom stereocenters. The van der Waals surface area contributed by atoms with Crippen LogP contribution in [0.3, 0.4) is 0 Å². The summed E-state index contributed by atoms with van der Waals surface area (Å²) in [5, 5.41) is 10.3. The van der Waals surface area contributed by atoms with Crippen molar-refractivity contribution < 1.29 is 14.2 Å². The molecular weight excluding hydrogens is 325 g/mol. The number of hydrogen-bond acceptors (Lipinski definition) is 3. The van der Waals surface area contributed by atoms with E-state index in [-0.39, 0.29) is 12.2 Å². The Labute approximate surface area is 125 Å². The summed E-state index contributed by atoms with van der Waals surface area (Å²) in [7, 11) is 1.52. The number of hydrogen-bond donors (Lipinski definition) is 2. The molecule has 2 aromatic rings. The van der Waals surface area contributed by atoms with Gasteiger partial charge in [-0.15, -0.1) is 0 Å². The van der Waals surface area contributed by atoms with Crippen molar-refractivity contribution >= 4 is 21.6 Å². The molecule has 2 rings (SSSR count). The third-order valence-corrected chi connectivity index (χ3v) is 4.01. The number of halogens is 2. The highest BCUT2D eigenvalue weighted by molar-refractivity contribution is 9.10. The van der Waals surface area contributed by atoms with E-state index in [1.54, 1.807) is 30.3 Å². The summed E-state index contributed by atoms with van der Waals surface area (Å²) < 4.78 is 18.9. The van der Waals surface area contributed by atoms with E-state index >= 15 is 0 Å². The predicted octanol–water partition coefficient (Wildman–Crippen LogP) is 3.46. The number of aliphatic hydroxyl groups excluding tert-OH is 1. The molecular formula is C15H15BrFNO2. The average Bonchev–Trinajstić information content (AvgIpc) is 2.44. The van der Waals surface area contributed by atoms with E-state index in [4.69, 9.17) is 10.5 Å². The van der Waals surface area contributed by atoms with E-state index in [0.29, 0.717) is 27.0 Å². The summed E-state index contributed by atoms with van der Waals surface area (Å²) in [6, 6.07) is 9.94. The highest BCUT2D eigenvalue weighted by Gasteiger charge is 2.16. The SMILES string of the molecule is COc1cccc(C(O)Cc2cccc(F)c2Br)c1N. The van der Waals surface area contributed by atoms with E-state index < -0.39 is 6.10 Å². The van der Waals surface area contributed by atoms with Crippen molar-refractivity contribution in [3.05, 3.63) is 57.8 Å². The summed E-state index contributed by atoms with van der Waals surface area (Å²) in [5.74, 6) is 0.160. The maximum atomic E-state index is 13.5. The van der Waals surface area contributed by atoms with Gasteiger partial charge >= 0.3 is 0 Å². The molecule has 0 fully saturated rings. The van der Waals surface area contributed by atoms with Gasteiger partial charge in [-0.3, -0.25) is 0 Å². The molecule has 0 saturated carbocycles. The summed E-state index contributed by atoms with van der Waals surface area (Å²) >= 11 is 3.19. The highest BCUT2D eigenvalue weighted by Crippen LogP contribution is 2.32. The normalized spacial score (nSPS) is 12.2. The van der Waals surface area contributed by atoms with E-state index in [0.717, 1.165) is 0 Å². The van der Waals surface area contributed by atoms with Gasteiger partial charge in [-0.05, 0) is 33.6 Å². The fourth-order valence-corrected chi connectivity index (χ4v) is 2.48. The van der Waals surface area contributed by atoms with Crippen LogP contribution < -0.4 is 10.5 Å². The van der Waals surface area contributed by atoms with Crippen molar-refractivity contribution in [3.8, 4) is 5.75 Å². The largest absolute Gasteiger partial charge is 0.495 e. The van der Waals surface area contributed by atoms with Gasteiger partial charge in [-0.25, -0.2) is 4.39 Å². The van der Waals surface area contributed by atoms with Crippen LogP contribution in [0.2, 0.25) is 0 Å². The minimum absolute atomic E-state index is 0.260. The Morgan fingerprint density at radius 2 is 2.00 bits per heavy atom. The summed E-state index contributed by atoms with van der Waals surface area (Å²) in [6.45, 7) is 0. The molecule has 2 aromatic carbocycles. The molecule has 106 valence electrons. The first-order valence-corrected chi connectivity index (χ1v) is 6.87. The van der Waals surface area contributed by atoms with Gasteiger partial charge in [-0.1, -0.05) is 24.3 Å². The Morgan fingerprint density at radius 1 is 1.30 bits per heavy atom. The van der Waals surface area contributed by atoms with E-state index in [1.165, 1.54) is 13.2 Å². The fraction of sp³-hybridized carbons (Fsp3) is 0.200. The van der Waals surface area contributed by atoms with Crippen LogP contribution in [0.4, 0.5) is 10.1 Å². The number of anilines is 1. The highest BCUT2D eigenvalue weighted by atomic mass is 79.9. The molecule has 3 N–H and O–H groups in total. The van der Waals surface area contributed by atoms with E-state index in [9.17, 15) is 9.50 Å². The molecule has 0 aliphatic carbocycles. The van der Waals surface area contributed by atoms with Crippen molar-refractivity contribution in [3.63, 3.8) is 0 Å². The molecule has 0 radical (unpaired) electrons. The van der Waals surface area contributed by atoms with Crippen molar-refractivity contribution in [2.75, 3.05) is 12.8 Å². The van der Waals surface area contributed by atoms with Crippen molar-refractivity contribution in [1.82, 2.24) is 0 Å². The average molecular weight is 340 g/mol. The first-order valence-electron chi connectivity index (χ1n) is 6.08. The molecule has 0 heterocycles. The number of aliphatic hydroxyl groups is 1. The Hall–Kier alpha value is -1.59. The van der Waals surface area contributed by atoms with Gasteiger partial charge in [0.1, 0.15) is 11.6 Å². The number of benzene rings is 2. The zero-order valence-electron chi connectivity index (χ0n) is 10.9. The standard InChI is InChI=1S/C15H15BrFNO2/c1-20-13-7-3-5-10(15(13)18)12(19)8-9-4-2-6-11(17)14(9)16/h2-7,12,19H,8,18H2,1H3. The quantitative estimate of drug-likeness (QED) is 0.838. The smallest absolute Gasteiger partial charge is 0.142 e. The lowest BCUT2D eigenvalue weighted by atomic mass is 9.99. The zero-order chi connectivity index (χ0) is 14.7. The number of nitrogen functional groups attached to an aromatic ring is 1. The third kappa shape index (κ3) is 2.94. The molecule has 0 aliphatic heterocycles. The van der Waals surface area contributed by atoms with Crippen LogP contribution in [0.15, 0.2) is 40.9 Å². The molecule has 1 atom stereocenters. The van der Waals surface area contributed by atoms with Gasteiger partial charge in [0.25, 0.3) is 0 Å². The molecule has 3 nitrogen and oxygen atoms in total. The Morgan fingerprint density at radius 3 is 2.70 bits per heavy atom. The summed E-state index contributed by atoms with van der Waals surface area (Å²) in [4.78, 5) is 0. The van der Waals surface area contributed by atoms with Crippen LogP contribution >= 0.6 is 15.9 Å². The number of ether oxygens (including phenoxy) is 1. The minimum Gasteiger partial charge on any atom is -0.495 e. The third-order valence-electron chi connectivity index (χ3n) is 3.12. The Kier molecular flexibility index (Phi) is 4.62. The lowest BCUT2D eigenvalue weighted by molar-refractivity contribution is 0.178. The predicted molar refractivity (Wildman–Crippen MR) is 80.2 cm³/mol. The number of methoxy groups -OCH3 is 1. The maximum Gasteiger partial charge on any atom is 0.142 e. The second-order valence-corrected chi connectivity index (χ2v) is 5.19. The van der Waals surface area contributed by atoms with Crippen molar-refractivity contribution in [2.45, 2.75) is 12.5 Å². The Balaban J connectivity index is 2.28. The van der Waals surface area contributed by atoms with Gasteiger partial charge in [0.05, 0.1) is 23.4 Å².